The van der Waals surface area contributed by atoms with E-state index in [2.05, 4.69) is 20.9 Å². The van der Waals surface area contributed by atoms with Crippen LogP contribution in [0, 0.1) is 0 Å². The third-order valence-corrected chi connectivity index (χ3v) is 8.45. The van der Waals surface area contributed by atoms with Crippen LogP contribution in [-0.2, 0) is 9.59 Å². The fraction of sp³-hybridized carbons (Fsp3) is 0.0667. The van der Waals surface area contributed by atoms with Crippen molar-refractivity contribution in [3.05, 3.63) is 106 Å². The summed E-state index contributed by atoms with van der Waals surface area (Å²) < 4.78 is 6.17. The Bertz CT molecular complexity index is 1700. The van der Waals surface area contributed by atoms with Gasteiger partial charge in [0, 0.05) is 21.0 Å². The number of thioether (sulfide) groups is 1. The highest BCUT2D eigenvalue weighted by Crippen LogP contribution is 2.29. The van der Waals surface area contributed by atoms with Crippen molar-refractivity contribution in [2.45, 2.75) is 4.90 Å². The average molecular weight is 601 g/mol. The average Bonchev–Trinajstić information content (AvgIpc) is 3.65. The third-order valence-electron chi connectivity index (χ3n) is 5.68. The van der Waals surface area contributed by atoms with E-state index in [9.17, 15) is 14.4 Å². The lowest BCUT2D eigenvalue weighted by Gasteiger charge is -2.11. The van der Waals surface area contributed by atoms with Crippen LogP contribution in [0.3, 0.4) is 0 Å². The number of methoxy groups -OCH3 is 1. The van der Waals surface area contributed by atoms with Crippen LogP contribution in [0.5, 0.6) is 5.75 Å². The van der Waals surface area contributed by atoms with E-state index in [1.807, 2.05) is 53.9 Å². The molecule has 0 radical (unpaired) electrons. The Labute approximate surface area is 248 Å². The minimum atomic E-state index is -0.448. The van der Waals surface area contributed by atoms with Gasteiger partial charge in [-0.05, 0) is 72.1 Å². The van der Waals surface area contributed by atoms with Crippen LogP contribution in [0.25, 0.3) is 16.3 Å². The van der Waals surface area contributed by atoms with Crippen molar-refractivity contribution in [1.82, 2.24) is 10.3 Å². The third kappa shape index (κ3) is 7.60. The molecule has 0 atom stereocenters. The molecule has 0 aliphatic carbocycles. The first kappa shape index (κ1) is 28.1. The van der Waals surface area contributed by atoms with Crippen LogP contribution >= 0.6 is 34.4 Å². The first-order valence-electron chi connectivity index (χ1n) is 12.4. The van der Waals surface area contributed by atoms with Crippen molar-refractivity contribution >= 4 is 79.3 Å². The highest BCUT2D eigenvalue weighted by molar-refractivity contribution is 8.00. The van der Waals surface area contributed by atoms with Crippen LogP contribution in [0.1, 0.15) is 15.2 Å². The van der Waals surface area contributed by atoms with E-state index < -0.39 is 5.91 Å². The SMILES string of the molecule is COc1ccc2nc(NC(=O)CSc3ccc(NC(=O)/C(=C/c4cccs4)NC(=O)c4ccccc4)cc3)sc2c1. The fourth-order valence-electron chi connectivity index (χ4n) is 3.68. The van der Waals surface area contributed by atoms with Gasteiger partial charge in [-0.3, -0.25) is 14.4 Å². The molecule has 0 spiro atoms. The van der Waals surface area contributed by atoms with Crippen molar-refractivity contribution in [2.75, 3.05) is 23.5 Å². The predicted molar refractivity (Wildman–Crippen MR) is 167 cm³/mol. The van der Waals surface area contributed by atoms with Gasteiger partial charge in [-0.2, -0.15) is 0 Å². The number of fused-ring (bicyclic) bond motifs is 1. The second-order valence-corrected chi connectivity index (χ2v) is 11.6. The fourth-order valence-corrected chi connectivity index (χ4v) is 5.95. The molecular formula is C30H24N4O4S3. The molecule has 0 aliphatic heterocycles. The molecule has 0 unspecified atom stereocenters. The summed E-state index contributed by atoms with van der Waals surface area (Å²) in [5, 5.41) is 10.8. The van der Waals surface area contributed by atoms with E-state index in [1.54, 1.807) is 49.6 Å². The van der Waals surface area contributed by atoms with E-state index in [-0.39, 0.29) is 23.3 Å². The van der Waals surface area contributed by atoms with Crippen molar-refractivity contribution in [1.29, 1.82) is 0 Å². The monoisotopic (exact) mass is 600 g/mol. The van der Waals surface area contributed by atoms with Gasteiger partial charge < -0.3 is 20.7 Å². The molecule has 11 heteroatoms. The smallest absolute Gasteiger partial charge is 0.272 e. The summed E-state index contributed by atoms with van der Waals surface area (Å²) in [6.07, 6.45) is 1.64. The zero-order valence-corrected chi connectivity index (χ0v) is 24.2. The Kier molecular flexibility index (Phi) is 9.09. The number of nitrogens with zero attached hydrogens (tertiary/aromatic N) is 1. The first-order chi connectivity index (χ1) is 20.0. The van der Waals surface area contributed by atoms with Gasteiger partial charge in [-0.15, -0.1) is 23.1 Å². The second kappa shape index (κ2) is 13.3. The van der Waals surface area contributed by atoms with Crippen LogP contribution in [0.4, 0.5) is 10.8 Å². The van der Waals surface area contributed by atoms with Gasteiger partial charge in [0.1, 0.15) is 11.4 Å². The number of thiazole rings is 1. The van der Waals surface area contributed by atoms with E-state index in [0.717, 1.165) is 25.7 Å². The van der Waals surface area contributed by atoms with Gasteiger partial charge in [0.2, 0.25) is 5.91 Å². The summed E-state index contributed by atoms with van der Waals surface area (Å²) in [7, 11) is 1.61. The van der Waals surface area contributed by atoms with Gasteiger partial charge in [0.25, 0.3) is 11.8 Å². The Balaban J connectivity index is 1.17. The summed E-state index contributed by atoms with van der Waals surface area (Å²) in [6.45, 7) is 0. The molecule has 5 aromatic rings. The molecule has 0 bridgehead atoms. The molecule has 5 rings (SSSR count). The Hall–Kier alpha value is -4.45. The molecule has 3 aromatic carbocycles. The number of anilines is 2. The number of amides is 3. The summed E-state index contributed by atoms with van der Waals surface area (Å²) in [4.78, 5) is 44.5. The highest BCUT2D eigenvalue weighted by atomic mass is 32.2. The summed E-state index contributed by atoms with van der Waals surface area (Å²) in [5.41, 5.74) is 1.93. The summed E-state index contributed by atoms with van der Waals surface area (Å²) >= 11 is 4.21. The van der Waals surface area contributed by atoms with Gasteiger partial charge in [-0.25, -0.2) is 4.98 Å². The van der Waals surface area contributed by atoms with Gasteiger partial charge in [-0.1, -0.05) is 35.6 Å². The maximum atomic E-state index is 13.1. The lowest BCUT2D eigenvalue weighted by Crippen LogP contribution is -2.30. The molecule has 0 aliphatic rings. The maximum Gasteiger partial charge on any atom is 0.272 e. The number of ether oxygens (including phenoxy) is 1. The number of benzene rings is 3. The Morgan fingerprint density at radius 1 is 0.951 bits per heavy atom. The maximum absolute atomic E-state index is 13.1. The largest absolute Gasteiger partial charge is 0.497 e. The number of nitrogens with one attached hydrogen (secondary N) is 3. The number of hydrogen-bond acceptors (Lipinski definition) is 8. The van der Waals surface area contributed by atoms with Crippen molar-refractivity contribution < 1.29 is 19.1 Å². The molecule has 8 nitrogen and oxygen atoms in total. The lowest BCUT2D eigenvalue weighted by atomic mass is 10.2. The zero-order chi connectivity index (χ0) is 28.6. The highest BCUT2D eigenvalue weighted by Gasteiger charge is 2.16. The predicted octanol–water partition coefficient (Wildman–Crippen LogP) is 6.51. The van der Waals surface area contributed by atoms with Gasteiger partial charge in [0.15, 0.2) is 5.13 Å². The summed E-state index contributed by atoms with van der Waals surface area (Å²) in [5.74, 6) is -0.0589. The molecule has 3 N–H and O–H groups in total. The van der Waals surface area contributed by atoms with Crippen LogP contribution < -0.4 is 20.7 Å². The number of thiophene rings is 1. The lowest BCUT2D eigenvalue weighted by molar-refractivity contribution is -0.114. The number of rotatable bonds is 10. The molecule has 41 heavy (non-hydrogen) atoms. The van der Waals surface area contributed by atoms with Crippen molar-refractivity contribution in [3.8, 4) is 5.75 Å². The molecule has 0 fully saturated rings. The Morgan fingerprint density at radius 2 is 1.76 bits per heavy atom. The van der Waals surface area contributed by atoms with E-state index >= 15 is 0 Å². The number of carbonyl (C=O) groups excluding carboxylic acids is 3. The molecule has 2 heterocycles. The van der Waals surface area contributed by atoms with Crippen LogP contribution in [-0.4, -0.2) is 35.6 Å². The van der Waals surface area contributed by atoms with Gasteiger partial charge >= 0.3 is 0 Å². The molecule has 0 saturated carbocycles. The molecule has 2 aromatic heterocycles. The summed E-state index contributed by atoms with van der Waals surface area (Å²) in [6, 6.07) is 25.2. The standard InChI is InChI=1S/C30H24N4O4S3/c1-38-21-11-14-24-26(16-21)41-30(33-24)34-27(35)18-40-22-12-9-20(10-13-22)31-29(37)25(17-23-8-5-15-39-23)32-28(36)19-6-3-2-4-7-19/h2-17H,18H2,1H3,(H,31,37)(H,32,36)(H,33,34,35)/b25-17-. The minimum absolute atomic E-state index is 0.129. The van der Waals surface area contributed by atoms with Crippen molar-refractivity contribution in [3.63, 3.8) is 0 Å². The van der Waals surface area contributed by atoms with E-state index in [4.69, 9.17) is 4.74 Å². The topological polar surface area (TPSA) is 109 Å². The quantitative estimate of drug-likeness (QED) is 0.125. The molecule has 206 valence electrons. The number of aromatic nitrogens is 1. The minimum Gasteiger partial charge on any atom is -0.497 e. The van der Waals surface area contributed by atoms with Crippen LogP contribution in [0.15, 0.2) is 101 Å². The zero-order valence-electron chi connectivity index (χ0n) is 21.7. The second-order valence-electron chi connectivity index (χ2n) is 8.56. The van der Waals surface area contributed by atoms with Crippen molar-refractivity contribution in [2.24, 2.45) is 0 Å². The normalized spacial score (nSPS) is 11.2. The van der Waals surface area contributed by atoms with Gasteiger partial charge in [0.05, 0.1) is 23.1 Å². The molecule has 0 saturated heterocycles. The molecular weight excluding hydrogens is 577 g/mol. The molecule has 3 amide bonds. The Morgan fingerprint density at radius 3 is 2.49 bits per heavy atom. The van der Waals surface area contributed by atoms with E-state index in [0.29, 0.717) is 16.4 Å². The number of carbonyl (C=O) groups is 3. The van der Waals surface area contributed by atoms with E-state index in [1.165, 1.54) is 34.4 Å². The first-order valence-corrected chi connectivity index (χ1v) is 15.1. The van der Waals surface area contributed by atoms with Crippen LogP contribution in [0.2, 0.25) is 0 Å². The number of hydrogen-bond donors (Lipinski definition) is 3.